The molecule has 102 valence electrons. The van der Waals surface area contributed by atoms with Gasteiger partial charge in [-0.3, -0.25) is 9.36 Å². The number of hydrogen-bond acceptors (Lipinski definition) is 4. The molecule has 0 aliphatic carbocycles. The van der Waals surface area contributed by atoms with E-state index in [1.54, 1.807) is 6.20 Å². The van der Waals surface area contributed by atoms with Crippen molar-refractivity contribution in [3.63, 3.8) is 0 Å². The zero-order chi connectivity index (χ0) is 14.0. The fourth-order valence-electron chi connectivity index (χ4n) is 2.03. The van der Waals surface area contributed by atoms with E-state index < -0.39 is 7.60 Å². The third kappa shape index (κ3) is 2.63. The molecule has 0 atom stereocenters. The van der Waals surface area contributed by atoms with Gasteiger partial charge in [-0.15, -0.1) is 0 Å². The van der Waals surface area contributed by atoms with Gasteiger partial charge in [0, 0.05) is 43.9 Å². The summed E-state index contributed by atoms with van der Waals surface area (Å²) in [5.74, 6) is -0.246. The SMILES string of the molecule is COP(=O)(CC(=O)c1cn(C)c2ccccc12)OC. The van der Waals surface area contributed by atoms with Crippen LogP contribution in [0.15, 0.2) is 30.5 Å². The number of benzene rings is 1. The molecule has 0 aliphatic rings. The Kier molecular flexibility index (Phi) is 3.90. The van der Waals surface area contributed by atoms with Crippen molar-refractivity contribution in [3.8, 4) is 0 Å². The third-order valence-corrected chi connectivity index (χ3v) is 4.88. The average molecular weight is 281 g/mol. The maximum absolute atomic E-state index is 12.3. The highest BCUT2D eigenvalue weighted by atomic mass is 31.2. The Bertz CT molecular complexity index is 654. The van der Waals surface area contributed by atoms with Crippen molar-refractivity contribution in [2.75, 3.05) is 20.4 Å². The van der Waals surface area contributed by atoms with E-state index >= 15 is 0 Å². The van der Waals surface area contributed by atoms with E-state index in [2.05, 4.69) is 0 Å². The van der Waals surface area contributed by atoms with Crippen molar-refractivity contribution in [3.05, 3.63) is 36.0 Å². The van der Waals surface area contributed by atoms with E-state index in [1.165, 1.54) is 14.2 Å². The minimum absolute atomic E-state index is 0.246. The molecule has 0 fully saturated rings. The van der Waals surface area contributed by atoms with Gasteiger partial charge in [-0.05, 0) is 6.07 Å². The van der Waals surface area contributed by atoms with Crippen LogP contribution in [0, 0.1) is 0 Å². The van der Waals surface area contributed by atoms with Crippen LogP contribution < -0.4 is 0 Å². The number of hydrogen-bond donors (Lipinski definition) is 0. The molecule has 0 amide bonds. The van der Waals surface area contributed by atoms with E-state index in [-0.39, 0.29) is 11.9 Å². The summed E-state index contributed by atoms with van der Waals surface area (Å²) in [5.41, 5.74) is 1.49. The second-order valence-electron chi connectivity index (χ2n) is 4.23. The lowest BCUT2D eigenvalue weighted by molar-refractivity contribution is 0.101. The standard InChI is InChI=1S/C13H16NO4P/c1-14-8-11(10-6-4-5-7-12(10)14)13(15)9-19(16,17-2)18-3/h4-8H,9H2,1-3H3. The first-order valence-electron chi connectivity index (χ1n) is 5.78. The molecule has 5 nitrogen and oxygen atoms in total. The number of aromatic nitrogens is 1. The molecular weight excluding hydrogens is 265 g/mol. The molecule has 0 bridgehead atoms. The number of fused-ring (bicyclic) bond motifs is 1. The lowest BCUT2D eigenvalue weighted by atomic mass is 10.1. The van der Waals surface area contributed by atoms with Gasteiger partial charge in [0.2, 0.25) is 0 Å². The van der Waals surface area contributed by atoms with Gasteiger partial charge >= 0.3 is 7.60 Å². The molecule has 0 aliphatic heterocycles. The van der Waals surface area contributed by atoms with Gasteiger partial charge in [-0.1, -0.05) is 18.2 Å². The minimum atomic E-state index is -3.33. The smallest absolute Gasteiger partial charge is 0.337 e. The molecule has 0 saturated heterocycles. The number of aryl methyl sites for hydroxylation is 1. The van der Waals surface area contributed by atoms with Crippen LogP contribution in [-0.2, 0) is 20.7 Å². The van der Waals surface area contributed by atoms with E-state index in [0.29, 0.717) is 5.56 Å². The van der Waals surface area contributed by atoms with Crippen molar-refractivity contribution in [1.82, 2.24) is 4.57 Å². The molecule has 0 radical (unpaired) electrons. The molecule has 0 unspecified atom stereocenters. The van der Waals surface area contributed by atoms with Gasteiger partial charge in [0.05, 0.1) is 0 Å². The molecular formula is C13H16NO4P. The molecule has 19 heavy (non-hydrogen) atoms. The minimum Gasteiger partial charge on any atom is -0.350 e. The number of ketones is 1. The van der Waals surface area contributed by atoms with Crippen LogP contribution in [0.1, 0.15) is 10.4 Å². The average Bonchev–Trinajstić information content (AvgIpc) is 2.77. The highest BCUT2D eigenvalue weighted by Gasteiger charge is 2.27. The van der Waals surface area contributed by atoms with Crippen LogP contribution in [-0.4, -0.2) is 30.7 Å². The molecule has 2 rings (SSSR count). The molecule has 6 heteroatoms. The summed E-state index contributed by atoms with van der Waals surface area (Å²) < 4.78 is 23.5. The normalized spacial score (nSPS) is 11.9. The highest BCUT2D eigenvalue weighted by molar-refractivity contribution is 7.54. The summed E-state index contributed by atoms with van der Waals surface area (Å²) in [7, 11) is 1.09. The van der Waals surface area contributed by atoms with E-state index in [1.807, 2.05) is 35.9 Å². The van der Waals surface area contributed by atoms with Crippen LogP contribution >= 0.6 is 7.60 Å². The number of para-hydroxylation sites is 1. The molecule has 1 aromatic heterocycles. The van der Waals surface area contributed by atoms with Crippen LogP contribution in [0.3, 0.4) is 0 Å². The molecule has 1 aromatic carbocycles. The Morgan fingerprint density at radius 3 is 2.53 bits per heavy atom. The molecule has 0 spiro atoms. The topological polar surface area (TPSA) is 57.5 Å². The van der Waals surface area contributed by atoms with E-state index in [9.17, 15) is 9.36 Å². The molecule has 2 aromatic rings. The molecule has 1 heterocycles. The van der Waals surface area contributed by atoms with Gasteiger partial charge in [0.15, 0.2) is 5.78 Å². The largest absolute Gasteiger partial charge is 0.350 e. The van der Waals surface area contributed by atoms with Crippen LogP contribution in [0.5, 0.6) is 0 Å². The lowest BCUT2D eigenvalue weighted by Crippen LogP contribution is -2.07. The van der Waals surface area contributed by atoms with Crippen LogP contribution in [0.25, 0.3) is 10.9 Å². The first kappa shape index (κ1) is 14.0. The monoisotopic (exact) mass is 281 g/mol. The van der Waals surface area contributed by atoms with Crippen molar-refractivity contribution < 1.29 is 18.4 Å². The molecule has 0 saturated carbocycles. The van der Waals surface area contributed by atoms with Crippen molar-refractivity contribution >= 4 is 24.3 Å². The quantitative estimate of drug-likeness (QED) is 0.624. The highest BCUT2D eigenvalue weighted by Crippen LogP contribution is 2.46. The first-order chi connectivity index (χ1) is 9.00. The number of Topliss-reactive ketones (excluding diaryl/α,β-unsaturated/α-hetero) is 1. The van der Waals surface area contributed by atoms with E-state index in [4.69, 9.17) is 9.05 Å². The number of carbonyl (C=O) groups is 1. The summed E-state index contributed by atoms with van der Waals surface area (Å²) in [6.07, 6.45) is 1.48. The fraction of sp³-hybridized carbons (Fsp3) is 0.308. The van der Waals surface area contributed by atoms with Gasteiger partial charge in [-0.2, -0.15) is 0 Å². The Morgan fingerprint density at radius 2 is 1.89 bits per heavy atom. The van der Waals surface area contributed by atoms with Gasteiger partial charge in [0.1, 0.15) is 6.16 Å². The Morgan fingerprint density at radius 1 is 1.26 bits per heavy atom. The Hall–Kier alpha value is -1.42. The third-order valence-electron chi connectivity index (χ3n) is 3.09. The summed E-state index contributed by atoms with van der Waals surface area (Å²) in [4.78, 5) is 12.3. The van der Waals surface area contributed by atoms with Gasteiger partial charge < -0.3 is 13.6 Å². The number of nitrogens with zero attached hydrogens (tertiary/aromatic N) is 1. The van der Waals surface area contributed by atoms with Crippen molar-refractivity contribution in [2.24, 2.45) is 7.05 Å². The lowest BCUT2D eigenvalue weighted by Gasteiger charge is -2.11. The van der Waals surface area contributed by atoms with Gasteiger partial charge in [0.25, 0.3) is 0 Å². The second kappa shape index (κ2) is 5.29. The number of rotatable bonds is 5. The Labute approximate surface area is 111 Å². The summed E-state index contributed by atoms with van der Waals surface area (Å²) in [6, 6.07) is 7.57. The fourth-order valence-corrected chi connectivity index (χ4v) is 2.96. The van der Waals surface area contributed by atoms with E-state index in [0.717, 1.165) is 10.9 Å². The van der Waals surface area contributed by atoms with Crippen molar-refractivity contribution in [1.29, 1.82) is 0 Å². The van der Waals surface area contributed by atoms with Crippen LogP contribution in [0.4, 0.5) is 0 Å². The summed E-state index contributed by atoms with van der Waals surface area (Å²) in [6.45, 7) is 0. The zero-order valence-corrected chi connectivity index (χ0v) is 12.0. The predicted octanol–water partition coefficient (Wildman–Crippen LogP) is 2.85. The second-order valence-corrected chi connectivity index (χ2v) is 6.50. The number of carbonyl (C=O) groups excluding carboxylic acids is 1. The maximum atomic E-state index is 12.3. The van der Waals surface area contributed by atoms with Crippen molar-refractivity contribution in [2.45, 2.75) is 0 Å². The maximum Gasteiger partial charge on any atom is 0.337 e. The van der Waals surface area contributed by atoms with Gasteiger partial charge in [-0.25, -0.2) is 0 Å². The Balaban J connectivity index is 2.40. The first-order valence-corrected chi connectivity index (χ1v) is 7.51. The predicted molar refractivity (Wildman–Crippen MR) is 73.7 cm³/mol. The van der Waals surface area contributed by atoms with Crippen LogP contribution in [0.2, 0.25) is 0 Å². The summed E-state index contributed by atoms with van der Waals surface area (Å²) >= 11 is 0. The molecule has 0 N–H and O–H groups in total. The zero-order valence-electron chi connectivity index (χ0n) is 11.1. The summed E-state index contributed by atoms with van der Waals surface area (Å²) in [5, 5.41) is 0.841.